The second-order valence-electron chi connectivity index (χ2n) is 5.69. The van der Waals surface area contributed by atoms with E-state index in [-0.39, 0.29) is 11.7 Å². The van der Waals surface area contributed by atoms with Crippen LogP contribution in [0.25, 0.3) is 0 Å². The fourth-order valence-electron chi connectivity index (χ4n) is 2.81. The van der Waals surface area contributed by atoms with Crippen molar-refractivity contribution in [2.45, 2.75) is 45.4 Å². The lowest BCUT2D eigenvalue weighted by Gasteiger charge is -2.10. The molecular weight excluding hydrogens is 250 g/mol. The van der Waals surface area contributed by atoms with Crippen molar-refractivity contribution in [3.05, 3.63) is 35.4 Å². The Hall–Kier alpha value is -1.64. The van der Waals surface area contributed by atoms with Crippen molar-refractivity contribution in [2.75, 3.05) is 6.54 Å². The lowest BCUT2D eigenvalue weighted by Crippen LogP contribution is -2.28. The highest BCUT2D eigenvalue weighted by molar-refractivity contribution is 5.99. The summed E-state index contributed by atoms with van der Waals surface area (Å²) < 4.78 is 0. The summed E-state index contributed by atoms with van der Waals surface area (Å²) in [6.45, 7) is 2.70. The molecule has 3 nitrogen and oxygen atoms in total. The van der Waals surface area contributed by atoms with Crippen LogP contribution in [0.3, 0.4) is 0 Å². The van der Waals surface area contributed by atoms with E-state index in [1.54, 1.807) is 0 Å². The number of rotatable bonds is 6. The van der Waals surface area contributed by atoms with Crippen LogP contribution in [-0.4, -0.2) is 18.2 Å². The summed E-state index contributed by atoms with van der Waals surface area (Å²) in [4.78, 5) is 23.8. The smallest absolute Gasteiger partial charge is 0.220 e. The van der Waals surface area contributed by atoms with E-state index in [0.717, 1.165) is 17.7 Å². The van der Waals surface area contributed by atoms with Crippen molar-refractivity contribution in [2.24, 2.45) is 5.92 Å². The molecule has 0 heterocycles. The largest absolute Gasteiger partial charge is 0.356 e. The van der Waals surface area contributed by atoms with Gasteiger partial charge in [-0.25, -0.2) is 0 Å². The molecule has 0 spiro atoms. The molecule has 1 fully saturated rings. The number of amides is 1. The van der Waals surface area contributed by atoms with Crippen LogP contribution < -0.4 is 5.32 Å². The Kier molecular flexibility index (Phi) is 5.33. The number of hydrogen-bond donors (Lipinski definition) is 1. The van der Waals surface area contributed by atoms with E-state index >= 15 is 0 Å². The summed E-state index contributed by atoms with van der Waals surface area (Å²) in [6.07, 6.45) is 5.60. The maximum atomic E-state index is 12.1. The highest BCUT2D eigenvalue weighted by Gasteiger charge is 2.16. The van der Waals surface area contributed by atoms with Crippen LogP contribution in [-0.2, 0) is 4.79 Å². The zero-order valence-electron chi connectivity index (χ0n) is 12.2. The van der Waals surface area contributed by atoms with Gasteiger partial charge in [-0.1, -0.05) is 37.1 Å². The third-order valence-corrected chi connectivity index (χ3v) is 4.09. The van der Waals surface area contributed by atoms with E-state index in [9.17, 15) is 9.59 Å². The molecule has 1 aromatic carbocycles. The van der Waals surface area contributed by atoms with Gasteiger partial charge in [0.1, 0.15) is 0 Å². The first-order valence-corrected chi connectivity index (χ1v) is 7.52. The van der Waals surface area contributed by atoms with E-state index < -0.39 is 0 Å². The molecule has 1 amide bonds. The van der Waals surface area contributed by atoms with Crippen molar-refractivity contribution in [3.8, 4) is 0 Å². The predicted molar refractivity (Wildman–Crippen MR) is 79.7 cm³/mol. The average molecular weight is 273 g/mol. The Balaban J connectivity index is 1.72. The van der Waals surface area contributed by atoms with Gasteiger partial charge in [0.2, 0.25) is 5.91 Å². The second kappa shape index (κ2) is 7.22. The molecule has 3 heteroatoms. The van der Waals surface area contributed by atoms with Crippen LogP contribution in [0.1, 0.15) is 54.4 Å². The van der Waals surface area contributed by atoms with Crippen molar-refractivity contribution < 1.29 is 9.59 Å². The fourth-order valence-corrected chi connectivity index (χ4v) is 2.81. The maximum Gasteiger partial charge on any atom is 0.220 e. The summed E-state index contributed by atoms with van der Waals surface area (Å²) in [5.74, 6) is 0.698. The zero-order valence-corrected chi connectivity index (χ0v) is 12.2. The molecule has 0 radical (unpaired) electrons. The van der Waals surface area contributed by atoms with Crippen molar-refractivity contribution in [3.63, 3.8) is 0 Å². The molecule has 108 valence electrons. The molecule has 0 aromatic heterocycles. The summed E-state index contributed by atoms with van der Waals surface area (Å²) >= 11 is 0. The number of nitrogens with one attached hydrogen (secondary N) is 1. The molecule has 0 saturated heterocycles. The van der Waals surface area contributed by atoms with Gasteiger partial charge in [-0.3, -0.25) is 9.59 Å². The Labute approximate surface area is 120 Å². The summed E-state index contributed by atoms with van der Waals surface area (Å²) in [5.41, 5.74) is 1.71. The topological polar surface area (TPSA) is 46.2 Å². The number of Topliss-reactive ketones (excluding diaryl/α,β-unsaturated/α-hetero) is 1. The molecule has 1 aliphatic rings. The molecule has 1 aliphatic carbocycles. The molecule has 1 aromatic rings. The molecule has 1 N–H and O–H groups in total. The fraction of sp³-hybridized carbons (Fsp3) is 0.529. The van der Waals surface area contributed by atoms with E-state index in [4.69, 9.17) is 0 Å². The number of carbonyl (C=O) groups excluding carboxylic acids is 2. The third-order valence-electron chi connectivity index (χ3n) is 4.09. The zero-order chi connectivity index (χ0) is 14.4. The lowest BCUT2D eigenvalue weighted by atomic mass is 10.0. The number of hydrogen-bond acceptors (Lipinski definition) is 2. The van der Waals surface area contributed by atoms with Crippen LogP contribution in [0, 0.1) is 12.8 Å². The van der Waals surface area contributed by atoms with E-state index in [1.807, 2.05) is 31.2 Å². The van der Waals surface area contributed by atoms with E-state index in [1.165, 1.54) is 25.7 Å². The lowest BCUT2D eigenvalue weighted by molar-refractivity contribution is -0.121. The highest BCUT2D eigenvalue weighted by atomic mass is 16.2. The Morgan fingerprint density at radius 3 is 2.55 bits per heavy atom. The minimum Gasteiger partial charge on any atom is -0.356 e. The molecule has 0 atom stereocenters. The molecule has 0 aliphatic heterocycles. The SMILES string of the molecule is Cc1ccccc1C(=O)CCC(=O)NCC1CCCC1. The van der Waals surface area contributed by atoms with Gasteiger partial charge in [0, 0.05) is 24.9 Å². The van der Waals surface area contributed by atoms with Gasteiger partial charge < -0.3 is 5.32 Å². The predicted octanol–water partition coefficient (Wildman–Crippen LogP) is 3.26. The summed E-state index contributed by atoms with van der Waals surface area (Å²) in [7, 11) is 0. The summed E-state index contributed by atoms with van der Waals surface area (Å²) in [5, 5.41) is 2.95. The monoisotopic (exact) mass is 273 g/mol. The molecule has 1 saturated carbocycles. The number of ketones is 1. The van der Waals surface area contributed by atoms with Crippen LogP contribution in [0.5, 0.6) is 0 Å². The first-order chi connectivity index (χ1) is 9.66. The van der Waals surface area contributed by atoms with Crippen LogP contribution >= 0.6 is 0 Å². The highest BCUT2D eigenvalue weighted by Crippen LogP contribution is 2.23. The van der Waals surface area contributed by atoms with Crippen LogP contribution in [0.4, 0.5) is 0 Å². The van der Waals surface area contributed by atoms with Crippen LogP contribution in [0.15, 0.2) is 24.3 Å². The quantitative estimate of drug-likeness (QED) is 0.809. The Morgan fingerprint density at radius 2 is 1.85 bits per heavy atom. The van der Waals surface area contributed by atoms with Gasteiger partial charge in [-0.2, -0.15) is 0 Å². The van der Waals surface area contributed by atoms with E-state index in [2.05, 4.69) is 5.32 Å². The standard InChI is InChI=1S/C17H23NO2/c1-13-6-2-5-9-15(13)16(19)10-11-17(20)18-12-14-7-3-4-8-14/h2,5-6,9,14H,3-4,7-8,10-12H2,1H3,(H,18,20). The first-order valence-electron chi connectivity index (χ1n) is 7.52. The van der Waals surface area contributed by atoms with Gasteiger partial charge >= 0.3 is 0 Å². The van der Waals surface area contributed by atoms with Crippen molar-refractivity contribution in [1.82, 2.24) is 5.32 Å². The van der Waals surface area contributed by atoms with Gasteiger partial charge in [0.15, 0.2) is 5.78 Å². The molecule has 20 heavy (non-hydrogen) atoms. The number of benzene rings is 1. The molecule has 0 bridgehead atoms. The van der Waals surface area contributed by atoms with Crippen molar-refractivity contribution >= 4 is 11.7 Å². The van der Waals surface area contributed by atoms with Gasteiger partial charge in [-0.05, 0) is 31.2 Å². The summed E-state index contributed by atoms with van der Waals surface area (Å²) in [6, 6.07) is 7.53. The normalized spacial score (nSPS) is 15.2. The Morgan fingerprint density at radius 1 is 1.15 bits per heavy atom. The van der Waals surface area contributed by atoms with Crippen LogP contribution in [0.2, 0.25) is 0 Å². The molecule has 2 rings (SSSR count). The molecule has 0 unspecified atom stereocenters. The van der Waals surface area contributed by atoms with Gasteiger partial charge in [0.05, 0.1) is 0 Å². The number of aryl methyl sites for hydroxylation is 1. The number of carbonyl (C=O) groups is 2. The first kappa shape index (κ1) is 14.8. The Bertz CT molecular complexity index is 476. The minimum absolute atomic E-state index is 0.00108. The maximum absolute atomic E-state index is 12.1. The third kappa shape index (κ3) is 4.19. The van der Waals surface area contributed by atoms with Gasteiger partial charge in [0.25, 0.3) is 0 Å². The minimum atomic E-state index is -0.00108. The van der Waals surface area contributed by atoms with E-state index in [0.29, 0.717) is 18.8 Å². The molecular formula is C17H23NO2. The van der Waals surface area contributed by atoms with Crippen molar-refractivity contribution in [1.29, 1.82) is 0 Å². The average Bonchev–Trinajstić information content (AvgIpc) is 2.96. The van der Waals surface area contributed by atoms with Gasteiger partial charge in [-0.15, -0.1) is 0 Å². The second-order valence-corrected chi connectivity index (χ2v) is 5.69.